The number of nitrogens with zero attached hydrogens (tertiary/aromatic N) is 3. The average Bonchev–Trinajstić information content (AvgIpc) is 3.16. The molecule has 0 aliphatic carbocycles. The maximum atomic E-state index is 13.0. The monoisotopic (exact) mass is 427 g/mol. The van der Waals surface area contributed by atoms with E-state index in [2.05, 4.69) is 15.4 Å². The number of fused-ring (bicyclic) bond motifs is 1. The molecule has 2 heterocycles. The summed E-state index contributed by atoms with van der Waals surface area (Å²) in [6, 6.07) is 6.11. The number of hydrogen-bond acceptors (Lipinski definition) is 5. The number of nitrogens with one attached hydrogen (secondary N) is 1. The van der Waals surface area contributed by atoms with Crippen LogP contribution in [0.4, 0.5) is 4.39 Å². The lowest BCUT2D eigenvalue weighted by molar-refractivity contribution is -0.121. The Labute approximate surface area is 179 Å². The Balaban J connectivity index is 1.59. The first kappa shape index (κ1) is 22.4. The number of aromatic nitrogens is 3. The van der Waals surface area contributed by atoms with Gasteiger partial charge in [0.15, 0.2) is 5.65 Å². The Morgan fingerprint density at radius 2 is 1.97 bits per heavy atom. The zero-order valence-electron chi connectivity index (χ0n) is 17.6. The average molecular weight is 427 g/mol. The third-order valence-corrected chi connectivity index (χ3v) is 5.36. The van der Waals surface area contributed by atoms with Crippen LogP contribution in [0, 0.1) is 25.6 Å². The maximum absolute atomic E-state index is 13.0. The van der Waals surface area contributed by atoms with Crippen LogP contribution in [0.5, 0.6) is 0 Å². The van der Waals surface area contributed by atoms with Crippen molar-refractivity contribution in [2.75, 3.05) is 13.2 Å². The number of nitrogens with two attached hydrogens (primary N) is 1. The Kier molecular flexibility index (Phi) is 6.96. The first-order valence-corrected chi connectivity index (χ1v) is 10.1. The molecular weight excluding hydrogens is 401 g/mol. The number of aliphatic hydroxyl groups is 1. The Morgan fingerprint density at radius 1 is 1.26 bits per heavy atom. The van der Waals surface area contributed by atoms with E-state index in [0.29, 0.717) is 30.7 Å². The summed E-state index contributed by atoms with van der Waals surface area (Å²) in [5.41, 5.74) is 9.32. The summed E-state index contributed by atoms with van der Waals surface area (Å²) in [5.74, 6) is -1.20. The number of primary amides is 1. The topological polar surface area (TPSA) is 123 Å². The molecule has 0 aliphatic rings. The number of carbonyl (C=O) groups excluding carboxylic acids is 2. The molecule has 0 aliphatic heterocycles. The quantitative estimate of drug-likeness (QED) is 0.477. The molecule has 4 N–H and O–H groups in total. The van der Waals surface area contributed by atoms with Crippen LogP contribution in [0.1, 0.15) is 39.3 Å². The van der Waals surface area contributed by atoms with E-state index < -0.39 is 5.91 Å². The highest BCUT2D eigenvalue weighted by molar-refractivity contribution is 5.98. The SMILES string of the molecule is Cc1nc2c(C(N)=O)cnn2c(C)c1CCC(=O)NC[C@@H](CO)Cc1ccc(F)cc1. The van der Waals surface area contributed by atoms with E-state index in [1.165, 1.54) is 18.3 Å². The van der Waals surface area contributed by atoms with Crippen LogP contribution in [0.15, 0.2) is 30.5 Å². The summed E-state index contributed by atoms with van der Waals surface area (Å²) >= 11 is 0. The van der Waals surface area contributed by atoms with E-state index in [4.69, 9.17) is 5.73 Å². The van der Waals surface area contributed by atoms with Crippen LogP contribution >= 0.6 is 0 Å². The van der Waals surface area contributed by atoms with Gasteiger partial charge in [-0.3, -0.25) is 9.59 Å². The number of aryl methyl sites for hydroxylation is 2. The van der Waals surface area contributed by atoms with Gasteiger partial charge in [0.2, 0.25) is 5.91 Å². The predicted molar refractivity (Wildman–Crippen MR) is 113 cm³/mol. The number of rotatable bonds is 9. The van der Waals surface area contributed by atoms with Crippen molar-refractivity contribution in [3.63, 3.8) is 0 Å². The normalized spacial score (nSPS) is 12.1. The molecule has 31 heavy (non-hydrogen) atoms. The molecule has 3 aromatic rings. The van der Waals surface area contributed by atoms with E-state index >= 15 is 0 Å². The van der Waals surface area contributed by atoms with Gasteiger partial charge in [0.05, 0.1) is 6.20 Å². The van der Waals surface area contributed by atoms with Gasteiger partial charge in [-0.15, -0.1) is 0 Å². The molecule has 1 aromatic carbocycles. The van der Waals surface area contributed by atoms with Crippen molar-refractivity contribution < 1.29 is 19.1 Å². The summed E-state index contributed by atoms with van der Waals surface area (Å²) in [5, 5.41) is 16.6. The first-order chi connectivity index (χ1) is 14.8. The molecule has 0 saturated heterocycles. The van der Waals surface area contributed by atoms with Gasteiger partial charge in [0.1, 0.15) is 11.4 Å². The van der Waals surface area contributed by atoms with Crippen molar-refractivity contribution in [2.24, 2.45) is 11.7 Å². The number of amides is 2. The van der Waals surface area contributed by atoms with Gasteiger partial charge in [0, 0.05) is 36.9 Å². The van der Waals surface area contributed by atoms with Crippen molar-refractivity contribution in [2.45, 2.75) is 33.1 Å². The standard InChI is InChI=1S/C22H26FN5O3/c1-13-18(14(2)28-22(27-13)19(11-26-28)21(24)31)7-8-20(30)25-10-16(12-29)9-15-3-5-17(23)6-4-15/h3-6,11,16,29H,7-10,12H2,1-2H3,(H2,24,31)(H,25,30)/t16-/m0/s1. The van der Waals surface area contributed by atoms with E-state index in [1.807, 2.05) is 13.8 Å². The lowest BCUT2D eigenvalue weighted by Crippen LogP contribution is -2.32. The van der Waals surface area contributed by atoms with Crippen LogP contribution in [0.2, 0.25) is 0 Å². The fraction of sp³-hybridized carbons (Fsp3) is 0.364. The van der Waals surface area contributed by atoms with Crippen LogP contribution in [-0.2, 0) is 17.6 Å². The molecule has 1 atom stereocenters. The smallest absolute Gasteiger partial charge is 0.254 e. The second-order valence-corrected chi connectivity index (χ2v) is 7.60. The number of hydrogen-bond donors (Lipinski definition) is 3. The highest BCUT2D eigenvalue weighted by Gasteiger charge is 2.17. The zero-order chi connectivity index (χ0) is 22.5. The third kappa shape index (κ3) is 5.24. The Morgan fingerprint density at radius 3 is 2.61 bits per heavy atom. The number of benzene rings is 1. The molecule has 3 rings (SSSR count). The molecule has 0 bridgehead atoms. The molecule has 9 heteroatoms. The fourth-order valence-corrected chi connectivity index (χ4v) is 3.59. The molecule has 2 amide bonds. The molecule has 0 radical (unpaired) electrons. The molecule has 8 nitrogen and oxygen atoms in total. The van der Waals surface area contributed by atoms with Crippen molar-refractivity contribution in [3.8, 4) is 0 Å². The highest BCUT2D eigenvalue weighted by Crippen LogP contribution is 2.18. The van der Waals surface area contributed by atoms with E-state index in [0.717, 1.165) is 16.8 Å². The summed E-state index contributed by atoms with van der Waals surface area (Å²) in [7, 11) is 0. The van der Waals surface area contributed by atoms with Crippen LogP contribution in [0.25, 0.3) is 5.65 Å². The summed E-state index contributed by atoms with van der Waals surface area (Å²) in [6.45, 7) is 3.92. The van der Waals surface area contributed by atoms with E-state index in [-0.39, 0.29) is 36.2 Å². The zero-order valence-corrected chi connectivity index (χ0v) is 17.6. The largest absolute Gasteiger partial charge is 0.396 e. The lowest BCUT2D eigenvalue weighted by Gasteiger charge is -2.16. The lowest BCUT2D eigenvalue weighted by atomic mass is 10.00. The Hall–Kier alpha value is -3.33. The molecule has 2 aromatic heterocycles. The minimum Gasteiger partial charge on any atom is -0.396 e. The predicted octanol–water partition coefficient (Wildman–Crippen LogP) is 1.48. The minimum atomic E-state index is -0.590. The molecule has 0 fully saturated rings. The Bertz CT molecular complexity index is 1090. The molecule has 0 unspecified atom stereocenters. The number of halogens is 1. The van der Waals surface area contributed by atoms with E-state index in [9.17, 15) is 19.1 Å². The van der Waals surface area contributed by atoms with Crippen molar-refractivity contribution in [1.82, 2.24) is 19.9 Å². The van der Waals surface area contributed by atoms with Crippen molar-refractivity contribution >= 4 is 17.5 Å². The van der Waals surface area contributed by atoms with Gasteiger partial charge in [-0.1, -0.05) is 12.1 Å². The van der Waals surface area contributed by atoms with Gasteiger partial charge >= 0.3 is 0 Å². The van der Waals surface area contributed by atoms with Gasteiger partial charge in [-0.05, 0) is 49.9 Å². The van der Waals surface area contributed by atoms with Gasteiger partial charge in [-0.25, -0.2) is 13.9 Å². The third-order valence-electron chi connectivity index (χ3n) is 5.36. The molecule has 0 saturated carbocycles. The van der Waals surface area contributed by atoms with Crippen molar-refractivity contribution in [1.29, 1.82) is 0 Å². The number of aliphatic hydroxyl groups excluding tert-OH is 1. The highest BCUT2D eigenvalue weighted by atomic mass is 19.1. The minimum absolute atomic E-state index is 0.0854. The van der Waals surface area contributed by atoms with Gasteiger partial charge in [-0.2, -0.15) is 5.10 Å². The molecule has 164 valence electrons. The summed E-state index contributed by atoms with van der Waals surface area (Å²) in [4.78, 5) is 28.3. The summed E-state index contributed by atoms with van der Waals surface area (Å²) < 4.78 is 14.6. The van der Waals surface area contributed by atoms with Crippen molar-refractivity contribution in [3.05, 3.63) is 64.4 Å². The second-order valence-electron chi connectivity index (χ2n) is 7.60. The maximum Gasteiger partial charge on any atom is 0.254 e. The number of carbonyl (C=O) groups is 2. The first-order valence-electron chi connectivity index (χ1n) is 10.1. The van der Waals surface area contributed by atoms with Crippen LogP contribution in [0.3, 0.4) is 0 Å². The van der Waals surface area contributed by atoms with E-state index in [1.54, 1.807) is 16.6 Å². The van der Waals surface area contributed by atoms with Gasteiger partial charge < -0.3 is 16.2 Å². The second kappa shape index (κ2) is 9.65. The summed E-state index contributed by atoms with van der Waals surface area (Å²) in [6.07, 6.45) is 2.63. The van der Waals surface area contributed by atoms with Gasteiger partial charge in [0.25, 0.3) is 5.91 Å². The molecular formula is C22H26FN5O3. The fourth-order valence-electron chi connectivity index (χ4n) is 3.59. The van der Waals surface area contributed by atoms with Crippen LogP contribution in [-0.4, -0.2) is 44.7 Å². The van der Waals surface area contributed by atoms with Crippen LogP contribution < -0.4 is 11.1 Å². The molecule has 0 spiro atoms.